The van der Waals surface area contributed by atoms with Gasteiger partial charge in [-0.05, 0) is 153 Å². The van der Waals surface area contributed by atoms with Crippen molar-refractivity contribution in [1.29, 1.82) is 0 Å². The van der Waals surface area contributed by atoms with E-state index in [2.05, 4.69) is 41.5 Å². The zero-order valence-corrected chi connectivity index (χ0v) is 38.7. The van der Waals surface area contributed by atoms with Gasteiger partial charge in [-0.25, -0.2) is 0 Å². The van der Waals surface area contributed by atoms with Gasteiger partial charge in [-0.2, -0.15) is 0 Å². The molecule has 12 aliphatic rings. The molecule has 59 heavy (non-hydrogen) atoms. The van der Waals surface area contributed by atoms with Crippen LogP contribution in [0.1, 0.15) is 166 Å². The van der Waals surface area contributed by atoms with Gasteiger partial charge in [-0.1, -0.05) is 68.2 Å². The Morgan fingerprint density at radius 3 is 1.58 bits per heavy atom. The number of epoxide rings is 1. The smallest absolute Gasteiger partial charge is 1.00 e. The molecule has 12 rings (SSSR count). The summed E-state index contributed by atoms with van der Waals surface area (Å²) in [6, 6.07) is 0. The molecule has 7 nitrogen and oxygen atoms in total. The Morgan fingerprint density at radius 2 is 1.03 bits per heavy atom. The van der Waals surface area contributed by atoms with Crippen molar-refractivity contribution >= 4 is 17.4 Å². The van der Waals surface area contributed by atoms with E-state index in [4.69, 9.17) is 28.4 Å². The van der Waals surface area contributed by atoms with Crippen LogP contribution in [0.4, 0.5) is 0 Å². The van der Waals surface area contributed by atoms with E-state index in [-0.39, 0.29) is 60.4 Å². The molecular formula is C50H88AlLiO7. The van der Waals surface area contributed by atoms with Crippen LogP contribution in [-0.4, -0.2) is 92.0 Å². The number of aliphatic hydroxyl groups is 1. The van der Waals surface area contributed by atoms with Crippen molar-refractivity contribution in [2.45, 2.75) is 194 Å². The molecule has 7 unspecified atom stereocenters. The van der Waals surface area contributed by atoms with Crippen LogP contribution in [0, 0.1) is 80.8 Å². The summed E-state index contributed by atoms with van der Waals surface area (Å²) in [4.78, 5) is 0. The van der Waals surface area contributed by atoms with E-state index in [1.54, 1.807) is 0 Å². The number of rotatable bonds is 0. The van der Waals surface area contributed by atoms with Crippen LogP contribution in [0.25, 0.3) is 0 Å². The van der Waals surface area contributed by atoms with Gasteiger partial charge in [-0.15, -0.1) is 0 Å². The summed E-state index contributed by atoms with van der Waals surface area (Å²) in [7, 11) is 0. The molecule has 0 aromatic heterocycles. The van der Waals surface area contributed by atoms with E-state index < -0.39 is 5.79 Å². The third-order valence-corrected chi connectivity index (χ3v) is 20.6. The Morgan fingerprint density at radius 1 is 0.542 bits per heavy atom. The first-order valence-corrected chi connectivity index (χ1v) is 24.9. The summed E-state index contributed by atoms with van der Waals surface area (Å²) in [5, 5.41) is 11.4. The second-order valence-corrected chi connectivity index (χ2v) is 22.6. The Kier molecular flexibility index (Phi) is 14.5. The Hall–Kier alpha value is 0.850. The normalized spacial score (nSPS) is 52.3. The summed E-state index contributed by atoms with van der Waals surface area (Å²) in [6.45, 7) is 23.8. The van der Waals surface area contributed by atoms with Crippen LogP contribution in [0.3, 0.4) is 0 Å². The maximum absolute atomic E-state index is 11.4. The predicted octanol–water partition coefficient (Wildman–Crippen LogP) is 6.53. The van der Waals surface area contributed by atoms with Crippen molar-refractivity contribution in [3.63, 3.8) is 0 Å². The van der Waals surface area contributed by atoms with Gasteiger partial charge in [0.25, 0.3) is 0 Å². The van der Waals surface area contributed by atoms with Gasteiger partial charge in [0, 0.05) is 26.1 Å². The first-order chi connectivity index (χ1) is 27.4. The zero-order chi connectivity index (χ0) is 40.0. The Balaban J connectivity index is 0.000000167. The van der Waals surface area contributed by atoms with Crippen LogP contribution in [0.15, 0.2) is 0 Å². The van der Waals surface area contributed by atoms with Gasteiger partial charge in [0.05, 0.1) is 55.6 Å². The van der Waals surface area contributed by atoms with Gasteiger partial charge in [0.2, 0.25) is 0 Å². The molecule has 0 amide bonds. The summed E-state index contributed by atoms with van der Waals surface area (Å²) in [6.07, 6.45) is 22.7. The summed E-state index contributed by atoms with van der Waals surface area (Å²) < 4.78 is 36.4. The topological polar surface area (TPSA) is 78.9 Å². The number of hydrogen-bond acceptors (Lipinski definition) is 7. The van der Waals surface area contributed by atoms with Gasteiger partial charge >= 0.3 is 18.9 Å². The van der Waals surface area contributed by atoms with Gasteiger partial charge < -0.3 is 35.0 Å². The Labute approximate surface area is 384 Å². The maximum atomic E-state index is 11.4. The fraction of sp³-hybridized carbons (Fsp3) is 1.00. The van der Waals surface area contributed by atoms with Crippen molar-refractivity contribution in [2.75, 3.05) is 39.6 Å². The number of aliphatic hydroxyl groups excluding tert-OH is 1. The van der Waals surface area contributed by atoms with Crippen LogP contribution >= 0.6 is 0 Å². The van der Waals surface area contributed by atoms with Gasteiger partial charge in [-0.3, -0.25) is 0 Å². The quantitative estimate of drug-likeness (QED) is 0.220. The van der Waals surface area contributed by atoms with Crippen LogP contribution in [0.2, 0.25) is 0 Å². The fourth-order valence-corrected chi connectivity index (χ4v) is 17.6. The van der Waals surface area contributed by atoms with Crippen LogP contribution in [0.5, 0.6) is 0 Å². The first kappa shape index (κ1) is 47.8. The molecule has 2 spiro atoms. The molecule has 0 aromatic rings. The molecule has 9 heteroatoms. The van der Waals surface area contributed by atoms with Crippen LogP contribution < -0.4 is 18.9 Å². The molecule has 0 radical (unpaired) electrons. The van der Waals surface area contributed by atoms with Crippen molar-refractivity contribution < 1.29 is 53.8 Å². The molecule has 12 fully saturated rings. The van der Waals surface area contributed by atoms with Crippen LogP contribution in [-0.2, 0) is 28.4 Å². The van der Waals surface area contributed by atoms with Gasteiger partial charge in [0.1, 0.15) is 0 Å². The minimum absolute atomic E-state index is 0. The second-order valence-electron chi connectivity index (χ2n) is 22.6. The number of hydrogen-bond donors (Lipinski definition) is 1. The largest absolute Gasteiger partial charge is 1.00 e. The summed E-state index contributed by atoms with van der Waals surface area (Å²) in [5.74, 6) is 7.17. The number of fused-ring (bicyclic) bond motifs is 15. The molecule has 8 aliphatic carbocycles. The third-order valence-electron chi connectivity index (χ3n) is 20.6. The second kappa shape index (κ2) is 17.9. The van der Waals surface area contributed by atoms with E-state index in [9.17, 15) is 5.11 Å². The molecule has 8 saturated carbocycles. The zero-order valence-electron chi connectivity index (χ0n) is 39.7. The summed E-state index contributed by atoms with van der Waals surface area (Å²) in [5.41, 5.74) is 0.838. The van der Waals surface area contributed by atoms with Crippen molar-refractivity contribution in [1.82, 2.24) is 0 Å². The van der Waals surface area contributed by atoms with E-state index in [0.717, 1.165) is 93.0 Å². The predicted molar refractivity (Wildman–Crippen MR) is 234 cm³/mol. The molecule has 4 aliphatic heterocycles. The SMILES string of the molecule is C1CCOC1.CC.C[C@@H]1CC[C@]2(C)C3C(CC[C@@H]2C1)C1CCC2(OCCO2)[C@@]1(C)[C@H]1OC31.C[C@@H]1CC[C@]2(C)C3C[C@H](O)[C@@]4(C)C(CCC45OCCO5)C3CC[C@@H]2C1.[AlH3].[H-].[Li+]. The van der Waals surface area contributed by atoms with E-state index in [1.165, 1.54) is 89.9 Å². The standard InChI is InChI=1S/C22H34O3.C22H36O3.C4H8O.C2H6.Al.Li.4H/c1-13-6-8-20(2)14(12-13)4-5-15-16-7-9-22(23-10-11-24-22)21(16,3)19-18(25-19)17(15)20;1-14-6-8-20(2)15(12-14)4-5-16-17-7-9-22(24-10-11-25-22)21(17,3)19(23)13-18(16)20;1-2-4-5-3-1;1-2;;;;;;/h13-19H,4-12H2,1-3H3;14-19,23H,4-13H2,1-3H3;1-4H2;1-2H3;;;;;;/q;;;;;+1;;;;-1/t13-,14-,15?,16?,17?,18?,19+,20+,21-;14-,15-,16?,17?,18?,19+,20+,21-;;;;;;;;/m11......../s1. The summed E-state index contributed by atoms with van der Waals surface area (Å²) >= 11 is 0. The minimum atomic E-state index is -0.499. The molecule has 4 saturated heterocycles. The monoisotopic (exact) mass is 835 g/mol. The third kappa shape index (κ3) is 7.26. The molecule has 334 valence electrons. The molecule has 17 atom stereocenters. The molecule has 1 N–H and O–H groups in total. The van der Waals surface area contributed by atoms with Crippen molar-refractivity contribution in [3.8, 4) is 0 Å². The molecule has 0 bridgehead atoms. The number of ether oxygens (including phenoxy) is 6. The van der Waals surface area contributed by atoms with E-state index in [0.29, 0.717) is 48.1 Å². The van der Waals surface area contributed by atoms with Gasteiger partial charge in [0.15, 0.2) is 28.9 Å². The molecular weight excluding hydrogens is 746 g/mol. The average molecular weight is 835 g/mol. The fourth-order valence-electron chi connectivity index (χ4n) is 17.6. The first-order valence-electron chi connectivity index (χ1n) is 24.9. The average Bonchev–Trinajstić information content (AvgIpc) is 3.82. The molecule has 0 aromatic carbocycles. The van der Waals surface area contributed by atoms with Crippen molar-refractivity contribution in [2.24, 2.45) is 80.8 Å². The van der Waals surface area contributed by atoms with Crippen molar-refractivity contribution in [3.05, 3.63) is 0 Å². The van der Waals surface area contributed by atoms with E-state index in [1.807, 2.05) is 13.8 Å². The Bertz CT molecular complexity index is 1380. The van der Waals surface area contributed by atoms with E-state index >= 15 is 0 Å². The minimum Gasteiger partial charge on any atom is -1.00 e. The maximum Gasteiger partial charge on any atom is 1.00 e. The molecule has 4 heterocycles.